The lowest BCUT2D eigenvalue weighted by molar-refractivity contribution is 0.0346. The summed E-state index contributed by atoms with van der Waals surface area (Å²) in [5.41, 5.74) is 1.04. The SMILES string of the molecule is CC(C)CCCOCC(O)CNCc1ccccc1Cl. The van der Waals surface area contributed by atoms with Gasteiger partial charge in [-0.25, -0.2) is 0 Å². The maximum Gasteiger partial charge on any atom is 0.0897 e. The van der Waals surface area contributed by atoms with E-state index in [1.807, 2.05) is 24.3 Å². The van der Waals surface area contributed by atoms with Gasteiger partial charge in [0.2, 0.25) is 0 Å². The molecule has 1 aromatic carbocycles. The van der Waals surface area contributed by atoms with Crippen molar-refractivity contribution in [2.24, 2.45) is 5.92 Å². The molecule has 1 unspecified atom stereocenters. The van der Waals surface area contributed by atoms with Gasteiger partial charge in [-0.15, -0.1) is 0 Å². The fourth-order valence-corrected chi connectivity index (χ4v) is 2.09. The molecule has 0 aliphatic rings. The highest BCUT2D eigenvalue weighted by Crippen LogP contribution is 2.14. The standard InChI is InChI=1S/C16H26ClNO2/c1-13(2)6-5-9-20-12-15(19)11-18-10-14-7-3-4-8-16(14)17/h3-4,7-8,13,15,18-19H,5-6,9-12H2,1-2H3. The lowest BCUT2D eigenvalue weighted by atomic mass is 10.1. The van der Waals surface area contributed by atoms with Gasteiger partial charge in [0.05, 0.1) is 12.7 Å². The number of ether oxygens (including phenoxy) is 1. The zero-order valence-corrected chi connectivity index (χ0v) is 13.2. The van der Waals surface area contributed by atoms with Gasteiger partial charge in [-0.05, 0) is 30.4 Å². The molecule has 0 radical (unpaired) electrons. The number of aliphatic hydroxyl groups is 1. The summed E-state index contributed by atoms with van der Waals surface area (Å²) in [5, 5.41) is 13.7. The summed E-state index contributed by atoms with van der Waals surface area (Å²) >= 11 is 6.06. The third kappa shape index (κ3) is 7.85. The van der Waals surface area contributed by atoms with Gasteiger partial charge in [0.25, 0.3) is 0 Å². The first-order chi connectivity index (χ1) is 9.59. The van der Waals surface area contributed by atoms with Crippen molar-refractivity contribution in [1.82, 2.24) is 5.32 Å². The van der Waals surface area contributed by atoms with Crippen molar-refractivity contribution in [3.05, 3.63) is 34.9 Å². The summed E-state index contributed by atoms with van der Waals surface area (Å²) in [4.78, 5) is 0. The van der Waals surface area contributed by atoms with Crippen LogP contribution in [0.1, 0.15) is 32.3 Å². The van der Waals surface area contributed by atoms with Crippen LogP contribution in [0, 0.1) is 5.92 Å². The van der Waals surface area contributed by atoms with E-state index in [0.29, 0.717) is 25.6 Å². The predicted molar refractivity (Wildman–Crippen MR) is 84.1 cm³/mol. The van der Waals surface area contributed by atoms with Gasteiger partial charge in [-0.1, -0.05) is 43.6 Å². The van der Waals surface area contributed by atoms with Crippen LogP contribution in [0.5, 0.6) is 0 Å². The van der Waals surface area contributed by atoms with Crippen LogP contribution in [-0.2, 0) is 11.3 Å². The molecule has 0 heterocycles. The Morgan fingerprint density at radius 1 is 1.30 bits per heavy atom. The van der Waals surface area contributed by atoms with E-state index in [1.165, 1.54) is 6.42 Å². The van der Waals surface area contributed by atoms with Crippen molar-refractivity contribution in [1.29, 1.82) is 0 Å². The topological polar surface area (TPSA) is 41.5 Å². The highest BCUT2D eigenvalue weighted by molar-refractivity contribution is 6.31. The molecule has 0 bridgehead atoms. The number of hydrogen-bond donors (Lipinski definition) is 2. The van der Waals surface area contributed by atoms with E-state index in [0.717, 1.165) is 23.6 Å². The summed E-state index contributed by atoms with van der Waals surface area (Å²) in [6, 6.07) is 7.71. The van der Waals surface area contributed by atoms with Crippen LogP contribution < -0.4 is 5.32 Å². The molecule has 114 valence electrons. The van der Waals surface area contributed by atoms with Gasteiger partial charge < -0.3 is 15.2 Å². The van der Waals surface area contributed by atoms with Gasteiger partial charge in [-0.2, -0.15) is 0 Å². The van der Waals surface area contributed by atoms with Crippen LogP contribution in [0.25, 0.3) is 0 Å². The maximum atomic E-state index is 9.78. The van der Waals surface area contributed by atoms with Crippen molar-refractivity contribution in [3.63, 3.8) is 0 Å². The molecule has 0 fully saturated rings. The molecule has 1 atom stereocenters. The van der Waals surface area contributed by atoms with Crippen LogP contribution in [0.4, 0.5) is 0 Å². The van der Waals surface area contributed by atoms with E-state index < -0.39 is 6.10 Å². The van der Waals surface area contributed by atoms with E-state index in [9.17, 15) is 5.11 Å². The molecular weight excluding hydrogens is 274 g/mol. The first-order valence-corrected chi connectivity index (χ1v) is 7.67. The van der Waals surface area contributed by atoms with Gasteiger partial charge in [-0.3, -0.25) is 0 Å². The fraction of sp³-hybridized carbons (Fsp3) is 0.625. The minimum atomic E-state index is -0.475. The normalized spacial score (nSPS) is 12.8. The second kappa shape index (κ2) is 10.2. The van der Waals surface area contributed by atoms with Crippen LogP contribution in [0.15, 0.2) is 24.3 Å². The second-order valence-corrected chi connectivity index (χ2v) is 5.89. The van der Waals surface area contributed by atoms with E-state index in [2.05, 4.69) is 19.2 Å². The summed E-state index contributed by atoms with van der Waals surface area (Å²) in [7, 11) is 0. The fourth-order valence-electron chi connectivity index (χ4n) is 1.89. The van der Waals surface area contributed by atoms with Gasteiger partial charge in [0, 0.05) is 24.7 Å². The zero-order chi connectivity index (χ0) is 14.8. The average Bonchev–Trinajstić information content (AvgIpc) is 2.40. The highest BCUT2D eigenvalue weighted by atomic mass is 35.5. The van der Waals surface area contributed by atoms with Crippen molar-refractivity contribution in [3.8, 4) is 0 Å². The average molecular weight is 300 g/mol. The number of aliphatic hydroxyl groups excluding tert-OH is 1. The van der Waals surface area contributed by atoms with Crippen molar-refractivity contribution < 1.29 is 9.84 Å². The zero-order valence-electron chi connectivity index (χ0n) is 12.4. The summed E-state index contributed by atoms with van der Waals surface area (Å²) in [5.74, 6) is 0.709. The lowest BCUT2D eigenvalue weighted by Crippen LogP contribution is -2.30. The number of hydrogen-bond acceptors (Lipinski definition) is 3. The molecule has 0 saturated heterocycles. The third-order valence-electron chi connectivity index (χ3n) is 3.03. The largest absolute Gasteiger partial charge is 0.389 e. The molecule has 20 heavy (non-hydrogen) atoms. The minimum Gasteiger partial charge on any atom is -0.389 e. The first-order valence-electron chi connectivity index (χ1n) is 7.29. The molecule has 0 spiro atoms. The minimum absolute atomic E-state index is 0.383. The molecule has 1 aromatic rings. The van der Waals surface area contributed by atoms with E-state index in [1.54, 1.807) is 0 Å². The molecule has 0 saturated carbocycles. The number of halogens is 1. The quantitative estimate of drug-likeness (QED) is 0.652. The predicted octanol–water partition coefficient (Wildman–Crippen LogP) is 3.24. The number of nitrogens with one attached hydrogen (secondary N) is 1. The molecule has 3 nitrogen and oxygen atoms in total. The Labute approximate surface area is 127 Å². The Bertz CT molecular complexity index is 371. The van der Waals surface area contributed by atoms with Crippen LogP contribution >= 0.6 is 11.6 Å². The van der Waals surface area contributed by atoms with Gasteiger partial charge in [0.15, 0.2) is 0 Å². The first kappa shape index (κ1) is 17.4. The Kier molecular flexibility index (Phi) is 8.86. The number of benzene rings is 1. The summed E-state index contributed by atoms with van der Waals surface area (Å²) in [6.07, 6.45) is 1.75. The van der Waals surface area contributed by atoms with Crippen molar-refractivity contribution in [2.75, 3.05) is 19.8 Å². The molecule has 1 rings (SSSR count). The Hall–Kier alpha value is -0.610. The Morgan fingerprint density at radius 2 is 2.05 bits per heavy atom. The van der Waals surface area contributed by atoms with Crippen molar-refractivity contribution >= 4 is 11.6 Å². The molecule has 4 heteroatoms. The summed E-state index contributed by atoms with van der Waals surface area (Å²) in [6.45, 7) is 6.67. The Morgan fingerprint density at radius 3 is 2.75 bits per heavy atom. The number of rotatable bonds is 10. The van der Waals surface area contributed by atoms with E-state index in [4.69, 9.17) is 16.3 Å². The maximum absolute atomic E-state index is 9.78. The smallest absolute Gasteiger partial charge is 0.0897 e. The van der Waals surface area contributed by atoms with Crippen LogP contribution in [0.2, 0.25) is 5.02 Å². The molecule has 0 aliphatic heterocycles. The molecule has 0 aliphatic carbocycles. The Balaban J connectivity index is 2.05. The van der Waals surface area contributed by atoms with Gasteiger partial charge >= 0.3 is 0 Å². The lowest BCUT2D eigenvalue weighted by Gasteiger charge is -2.13. The van der Waals surface area contributed by atoms with E-state index in [-0.39, 0.29) is 0 Å². The van der Waals surface area contributed by atoms with Gasteiger partial charge in [0.1, 0.15) is 0 Å². The van der Waals surface area contributed by atoms with E-state index >= 15 is 0 Å². The molecule has 0 aromatic heterocycles. The second-order valence-electron chi connectivity index (χ2n) is 5.49. The van der Waals surface area contributed by atoms with Crippen LogP contribution in [-0.4, -0.2) is 31.0 Å². The van der Waals surface area contributed by atoms with Crippen LogP contribution in [0.3, 0.4) is 0 Å². The molecule has 2 N–H and O–H groups in total. The highest BCUT2D eigenvalue weighted by Gasteiger charge is 2.05. The molecular formula is C16H26ClNO2. The summed E-state index contributed by atoms with van der Waals surface area (Å²) < 4.78 is 5.46. The van der Waals surface area contributed by atoms with Crippen molar-refractivity contribution in [2.45, 2.75) is 39.3 Å². The monoisotopic (exact) mass is 299 g/mol. The third-order valence-corrected chi connectivity index (χ3v) is 3.40. The molecule has 0 amide bonds.